The predicted molar refractivity (Wildman–Crippen MR) is 60.0 cm³/mol. The molecule has 5 heteroatoms. The summed E-state index contributed by atoms with van der Waals surface area (Å²) in [5, 5.41) is 3.82. The Labute approximate surface area is 98.0 Å². The molecule has 5 nitrogen and oxygen atoms in total. The molecule has 2 aromatic rings. The summed E-state index contributed by atoms with van der Waals surface area (Å²) in [4.78, 5) is 11.5. The van der Waals surface area contributed by atoms with Crippen molar-refractivity contribution in [3.63, 3.8) is 0 Å². The highest BCUT2D eigenvalue weighted by molar-refractivity contribution is 5.25. The van der Waals surface area contributed by atoms with Gasteiger partial charge in [0.2, 0.25) is 11.2 Å². The van der Waals surface area contributed by atoms with Gasteiger partial charge in [-0.3, -0.25) is 4.79 Å². The molecule has 2 aromatic heterocycles. The van der Waals surface area contributed by atoms with Crippen molar-refractivity contribution in [3.8, 4) is 5.75 Å². The summed E-state index contributed by atoms with van der Waals surface area (Å²) in [5.41, 5.74) is 1.42. The van der Waals surface area contributed by atoms with E-state index in [1.807, 2.05) is 6.92 Å². The molecule has 0 fully saturated rings. The number of nitrogens with zero attached hydrogens (tertiary/aromatic N) is 1. The van der Waals surface area contributed by atoms with E-state index < -0.39 is 0 Å². The van der Waals surface area contributed by atoms with Crippen LogP contribution in [0.1, 0.15) is 22.8 Å². The largest absolute Gasteiger partial charge is 0.481 e. The Morgan fingerprint density at radius 3 is 2.65 bits per heavy atom. The Kier molecular flexibility index (Phi) is 2.99. The molecule has 0 atom stereocenters. The molecular formula is C12H13NO4. The highest BCUT2D eigenvalue weighted by Crippen LogP contribution is 2.17. The molecule has 90 valence electrons. The fourth-order valence-corrected chi connectivity index (χ4v) is 1.53. The van der Waals surface area contributed by atoms with E-state index in [4.69, 9.17) is 13.7 Å². The van der Waals surface area contributed by atoms with Crippen LogP contribution in [-0.4, -0.2) is 5.16 Å². The molecular weight excluding hydrogens is 222 g/mol. The summed E-state index contributed by atoms with van der Waals surface area (Å²) >= 11 is 0. The van der Waals surface area contributed by atoms with Gasteiger partial charge in [-0.1, -0.05) is 5.16 Å². The van der Waals surface area contributed by atoms with Crippen molar-refractivity contribution in [1.82, 2.24) is 5.16 Å². The maximum atomic E-state index is 11.5. The van der Waals surface area contributed by atoms with Crippen LogP contribution in [0.15, 0.2) is 26.1 Å². The van der Waals surface area contributed by atoms with E-state index in [0.717, 1.165) is 11.3 Å². The quantitative estimate of drug-likeness (QED) is 0.815. The molecule has 0 aromatic carbocycles. The Morgan fingerprint density at radius 1 is 1.29 bits per heavy atom. The highest BCUT2D eigenvalue weighted by Gasteiger charge is 2.12. The van der Waals surface area contributed by atoms with Gasteiger partial charge in [0.1, 0.15) is 18.1 Å². The minimum absolute atomic E-state index is 0.194. The average Bonchev–Trinajstić information content (AvgIpc) is 2.59. The van der Waals surface area contributed by atoms with Crippen molar-refractivity contribution < 1.29 is 13.7 Å². The molecule has 2 heterocycles. The van der Waals surface area contributed by atoms with E-state index in [2.05, 4.69) is 5.16 Å². The SMILES string of the molecule is Cc1noc(C)c1COc1c(C)occc1=O. The smallest absolute Gasteiger partial charge is 0.227 e. The maximum absolute atomic E-state index is 11.5. The zero-order chi connectivity index (χ0) is 12.4. The summed E-state index contributed by atoms with van der Waals surface area (Å²) < 4.78 is 15.6. The van der Waals surface area contributed by atoms with Gasteiger partial charge < -0.3 is 13.7 Å². The number of hydrogen-bond acceptors (Lipinski definition) is 5. The fraction of sp³-hybridized carbons (Fsp3) is 0.333. The summed E-state index contributed by atoms with van der Waals surface area (Å²) in [7, 11) is 0. The van der Waals surface area contributed by atoms with Gasteiger partial charge in [0, 0.05) is 6.07 Å². The van der Waals surface area contributed by atoms with Crippen molar-refractivity contribution in [2.24, 2.45) is 0 Å². The summed E-state index contributed by atoms with van der Waals surface area (Å²) in [6.07, 6.45) is 1.35. The van der Waals surface area contributed by atoms with Gasteiger partial charge in [-0.2, -0.15) is 0 Å². The monoisotopic (exact) mass is 235 g/mol. The van der Waals surface area contributed by atoms with Gasteiger partial charge in [0.15, 0.2) is 0 Å². The first-order valence-corrected chi connectivity index (χ1v) is 5.22. The second-order valence-corrected chi connectivity index (χ2v) is 3.76. The standard InChI is InChI=1S/C12H13NO4/c1-7-10(8(2)17-13-7)6-16-12-9(3)15-5-4-11(12)14/h4-5H,6H2,1-3H3. The zero-order valence-electron chi connectivity index (χ0n) is 9.94. The molecule has 0 spiro atoms. The first kappa shape index (κ1) is 11.4. The first-order chi connectivity index (χ1) is 8.09. The summed E-state index contributed by atoms with van der Waals surface area (Å²) in [6, 6.07) is 1.33. The van der Waals surface area contributed by atoms with Gasteiger partial charge in [0.05, 0.1) is 17.5 Å². The van der Waals surface area contributed by atoms with E-state index in [9.17, 15) is 4.79 Å². The van der Waals surface area contributed by atoms with E-state index in [1.165, 1.54) is 12.3 Å². The molecule has 0 unspecified atom stereocenters. The minimum atomic E-state index is -0.194. The van der Waals surface area contributed by atoms with Crippen LogP contribution in [0.5, 0.6) is 5.75 Å². The topological polar surface area (TPSA) is 65.5 Å². The van der Waals surface area contributed by atoms with E-state index >= 15 is 0 Å². The number of aryl methyl sites for hydroxylation is 3. The van der Waals surface area contributed by atoms with Gasteiger partial charge in [-0.25, -0.2) is 0 Å². The van der Waals surface area contributed by atoms with Gasteiger partial charge >= 0.3 is 0 Å². The molecule has 0 N–H and O–H groups in total. The third-order valence-corrected chi connectivity index (χ3v) is 2.55. The van der Waals surface area contributed by atoms with E-state index in [-0.39, 0.29) is 17.8 Å². The second kappa shape index (κ2) is 4.45. The van der Waals surface area contributed by atoms with Crippen LogP contribution in [0.4, 0.5) is 0 Å². The fourth-order valence-electron chi connectivity index (χ4n) is 1.53. The van der Waals surface area contributed by atoms with Crippen LogP contribution in [0, 0.1) is 20.8 Å². The van der Waals surface area contributed by atoms with Crippen LogP contribution in [0.3, 0.4) is 0 Å². The minimum Gasteiger partial charge on any atom is -0.481 e. The molecule has 17 heavy (non-hydrogen) atoms. The Balaban J connectivity index is 2.21. The van der Waals surface area contributed by atoms with Gasteiger partial charge in [-0.05, 0) is 20.8 Å². The molecule has 0 amide bonds. The molecule has 0 saturated carbocycles. The van der Waals surface area contributed by atoms with Crippen molar-refractivity contribution in [3.05, 3.63) is 45.3 Å². The van der Waals surface area contributed by atoms with Gasteiger partial charge in [-0.15, -0.1) is 0 Å². The normalized spacial score (nSPS) is 10.5. The lowest BCUT2D eigenvalue weighted by Gasteiger charge is -2.06. The lowest BCUT2D eigenvalue weighted by atomic mass is 10.2. The third-order valence-electron chi connectivity index (χ3n) is 2.55. The number of rotatable bonds is 3. The lowest BCUT2D eigenvalue weighted by Crippen LogP contribution is -2.08. The highest BCUT2D eigenvalue weighted by atomic mass is 16.5. The molecule has 0 aliphatic carbocycles. The molecule has 2 rings (SSSR count). The Bertz CT molecular complexity index is 563. The number of aromatic nitrogens is 1. The summed E-state index contributed by atoms with van der Waals surface area (Å²) in [6.45, 7) is 5.56. The second-order valence-electron chi connectivity index (χ2n) is 3.76. The molecule has 0 saturated heterocycles. The van der Waals surface area contributed by atoms with Crippen molar-refractivity contribution in [2.75, 3.05) is 0 Å². The Hall–Kier alpha value is -2.04. The number of ether oxygens (including phenoxy) is 1. The lowest BCUT2D eigenvalue weighted by molar-refractivity contribution is 0.283. The molecule has 0 aliphatic heterocycles. The molecule has 0 radical (unpaired) electrons. The first-order valence-electron chi connectivity index (χ1n) is 5.22. The average molecular weight is 235 g/mol. The van der Waals surface area contributed by atoms with E-state index in [1.54, 1.807) is 13.8 Å². The van der Waals surface area contributed by atoms with Crippen LogP contribution >= 0.6 is 0 Å². The third kappa shape index (κ3) is 2.22. The zero-order valence-corrected chi connectivity index (χ0v) is 9.94. The maximum Gasteiger partial charge on any atom is 0.227 e. The Morgan fingerprint density at radius 2 is 2.06 bits per heavy atom. The molecule has 0 aliphatic rings. The van der Waals surface area contributed by atoms with E-state index in [0.29, 0.717) is 11.5 Å². The van der Waals surface area contributed by atoms with Crippen LogP contribution in [0.25, 0.3) is 0 Å². The number of hydrogen-bond donors (Lipinski definition) is 0. The van der Waals surface area contributed by atoms with Crippen molar-refractivity contribution in [1.29, 1.82) is 0 Å². The molecule has 0 bridgehead atoms. The van der Waals surface area contributed by atoms with Gasteiger partial charge in [0.25, 0.3) is 0 Å². The van der Waals surface area contributed by atoms with Crippen LogP contribution < -0.4 is 10.2 Å². The van der Waals surface area contributed by atoms with Crippen LogP contribution in [0.2, 0.25) is 0 Å². The van der Waals surface area contributed by atoms with Crippen molar-refractivity contribution in [2.45, 2.75) is 27.4 Å². The van der Waals surface area contributed by atoms with Crippen LogP contribution in [-0.2, 0) is 6.61 Å². The van der Waals surface area contributed by atoms with Crippen molar-refractivity contribution >= 4 is 0 Å². The predicted octanol–water partition coefficient (Wildman–Crippen LogP) is 2.13. The summed E-state index contributed by atoms with van der Waals surface area (Å²) in [5.74, 6) is 1.39.